The van der Waals surface area contributed by atoms with Gasteiger partial charge in [-0.25, -0.2) is 0 Å². The van der Waals surface area contributed by atoms with Crippen LogP contribution in [0.1, 0.15) is 33.1 Å². The molecule has 1 fully saturated rings. The Morgan fingerprint density at radius 1 is 1.40 bits per heavy atom. The molecule has 1 atom stereocenters. The van der Waals surface area contributed by atoms with Crippen LogP contribution in [-0.2, 0) is 14.3 Å². The molecular weight excluding hydrogens is 258 g/mol. The van der Waals surface area contributed by atoms with Crippen molar-refractivity contribution in [3.05, 3.63) is 0 Å². The number of carbonyl (C=O) groups excluding carboxylic acids is 2. The first-order valence-corrected chi connectivity index (χ1v) is 7.24. The minimum absolute atomic E-state index is 0.0117. The standard InChI is InChI=1S/C14H27N3O3/c1-4-14(2,10-15)13(19)16-11-5-7-17(8-6-11)12(18)9-20-3/h11H,4-10,15H2,1-3H3,(H,16,19). The summed E-state index contributed by atoms with van der Waals surface area (Å²) in [6.07, 6.45) is 2.29. The largest absolute Gasteiger partial charge is 0.375 e. The van der Waals surface area contributed by atoms with Crippen LogP contribution in [0, 0.1) is 5.41 Å². The normalized spacial score (nSPS) is 19.5. The van der Waals surface area contributed by atoms with E-state index in [0.29, 0.717) is 19.6 Å². The summed E-state index contributed by atoms with van der Waals surface area (Å²) in [5.41, 5.74) is 5.19. The van der Waals surface area contributed by atoms with E-state index in [1.807, 2.05) is 13.8 Å². The van der Waals surface area contributed by atoms with Gasteiger partial charge in [-0.1, -0.05) is 6.92 Å². The molecule has 1 saturated heterocycles. The minimum Gasteiger partial charge on any atom is -0.375 e. The van der Waals surface area contributed by atoms with Gasteiger partial charge >= 0.3 is 0 Å². The summed E-state index contributed by atoms with van der Waals surface area (Å²) in [6.45, 7) is 5.66. The Labute approximate surface area is 121 Å². The lowest BCUT2D eigenvalue weighted by molar-refractivity contribution is -0.136. The number of nitrogens with zero attached hydrogens (tertiary/aromatic N) is 1. The third kappa shape index (κ3) is 4.18. The molecule has 1 aliphatic rings. The monoisotopic (exact) mass is 285 g/mol. The number of hydrogen-bond donors (Lipinski definition) is 2. The minimum atomic E-state index is -0.497. The van der Waals surface area contributed by atoms with Gasteiger partial charge in [0, 0.05) is 32.8 Å². The van der Waals surface area contributed by atoms with Gasteiger partial charge in [0.15, 0.2) is 0 Å². The van der Waals surface area contributed by atoms with E-state index < -0.39 is 5.41 Å². The van der Waals surface area contributed by atoms with Crippen molar-refractivity contribution in [1.82, 2.24) is 10.2 Å². The van der Waals surface area contributed by atoms with Crippen LogP contribution in [0.2, 0.25) is 0 Å². The average molecular weight is 285 g/mol. The van der Waals surface area contributed by atoms with Gasteiger partial charge in [0.2, 0.25) is 11.8 Å². The van der Waals surface area contributed by atoms with E-state index in [-0.39, 0.29) is 24.5 Å². The molecule has 1 unspecified atom stereocenters. The summed E-state index contributed by atoms with van der Waals surface area (Å²) >= 11 is 0. The zero-order valence-corrected chi connectivity index (χ0v) is 12.8. The molecule has 0 aromatic carbocycles. The summed E-state index contributed by atoms with van der Waals surface area (Å²) in [5.74, 6) is 0.0294. The first kappa shape index (κ1) is 16.9. The Morgan fingerprint density at radius 2 is 2.00 bits per heavy atom. The van der Waals surface area contributed by atoms with Crippen molar-refractivity contribution in [2.24, 2.45) is 11.1 Å². The highest BCUT2D eigenvalue weighted by molar-refractivity contribution is 5.82. The number of ether oxygens (including phenoxy) is 1. The fourth-order valence-electron chi connectivity index (χ4n) is 2.25. The van der Waals surface area contributed by atoms with Gasteiger partial charge in [0.25, 0.3) is 0 Å². The van der Waals surface area contributed by atoms with Gasteiger partial charge in [0.05, 0.1) is 5.41 Å². The Balaban J connectivity index is 2.43. The predicted octanol–water partition coefficient (Wildman–Crippen LogP) is 0.115. The summed E-state index contributed by atoms with van der Waals surface area (Å²) < 4.78 is 4.85. The molecule has 0 radical (unpaired) electrons. The van der Waals surface area contributed by atoms with Crippen molar-refractivity contribution in [1.29, 1.82) is 0 Å². The fourth-order valence-corrected chi connectivity index (χ4v) is 2.25. The van der Waals surface area contributed by atoms with E-state index in [4.69, 9.17) is 10.5 Å². The van der Waals surface area contributed by atoms with Crippen LogP contribution < -0.4 is 11.1 Å². The van der Waals surface area contributed by atoms with Crippen molar-refractivity contribution in [2.75, 3.05) is 33.4 Å². The van der Waals surface area contributed by atoms with Gasteiger partial charge in [0.1, 0.15) is 6.61 Å². The number of likely N-dealkylation sites (tertiary alicyclic amines) is 1. The topological polar surface area (TPSA) is 84.7 Å². The maximum absolute atomic E-state index is 12.2. The maximum Gasteiger partial charge on any atom is 0.248 e. The van der Waals surface area contributed by atoms with Gasteiger partial charge in [-0.15, -0.1) is 0 Å². The van der Waals surface area contributed by atoms with Gasteiger partial charge in [-0.05, 0) is 26.2 Å². The highest BCUT2D eigenvalue weighted by atomic mass is 16.5. The number of hydrogen-bond acceptors (Lipinski definition) is 4. The molecule has 2 amide bonds. The van der Waals surface area contributed by atoms with E-state index >= 15 is 0 Å². The van der Waals surface area contributed by atoms with Gasteiger partial charge in [-0.3, -0.25) is 9.59 Å². The highest BCUT2D eigenvalue weighted by Gasteiger charge is 2.32. The van der Waals surface area contributed by atoms with Crippen LogP contribution in [0.5, 0.6) is 0 Å². The molecule has 116 valence electrons. The molecule has 0 saturated carbocycles. The van der Waals surface area contributed by atoms with Crippen molar-refractivity contribution in [2.45, 2.75) is 39.2 Å². The number of carbonyl (C=O) groups is 2. The lowest BCUT2D eigenvalue weighted by Gasteiger charge is -2.34. The fraction of sp³-hybridized carbons (Fsp3) is 0.857. The lowest BCUT2D eigenvalue weighted by Crippen LogP contribution is -2.51. The van der Waals surface area contributed by atoms with Crippen LogP contribution in [0.4, 0.5) is 0 Å². The first-order chi connectivity index (χ1) is 9.46. The quantitative estimate of drug-likeness (QED) is 0.725. The highest BCUT2D eigenvalue weighted by Crippen LogP contribution is 2.20. The molecule has 0 spiro atoms. The SMILES string of the molecule is CCC(C)(CN)C(=O)NC1CCN(C(=O)COC)CC1. The second kappa shape index (κ2) is 7.59. The zero-order chi connectivity index (χ0) is 15.2. The molecule has 0 aromatic rings. The van der Waals surface area contributed by atoms with Crippen molar-refractivity contribution in [3.8, 4) is 0 Å². The number of amides is 2. The van der Waals surface area contributed by atoms with Gasteiger partial charge < -0.3 is 20.7 Å². The number of piperidine rings is 1. The Hall–Kier alpha value is -1.14. The molecule has 1 rings (SSSR count). The summed E-state index contributed by atoms with van der Waals surface area (Å²) in [7, 11) is 1.52. The first-order valence-electron chi connectivity index (χ1n) is 7.24. The smallest absolute Gasteiger partial charge is 0.248 e. The molecule has 1 aliphatic heterocycles. The molecule has 6 heteroatoms. The van der Waals surface area contributed by atoms with Crippen LogP contribution in [-0.4, -0.2) is 56.1 Å². The summed E-state index contributed by atoms with van der Waals surface area (Å²) in [6, 6.07) is 0.131. The number of nitrogens with one attached hydrogen (secondary N) is 1. The van der Waals surface area contributed by atoms with Gasteiger partial charge in [-0.2, -0.15) is 0 Å². The average Bonchev–Trinajstić information content (AvgIpc) is 2.47. The van der Waals surface area contributed by atoms with E-state index in [2.05, 4.69) is 5.32 Å². The summed E-state index contributed by atoms with van der Waals surface area (Å²) in [4.78, 5) is 25.7. The van der Waals surface area contributed by atoms with E-state index in [1.165, 1.54) is 7.11 Å². The van der Waals surface area contributed by atoms with Crippen molar-refractivity contribution >= 4 is 11.8 Å². The number of nitrogens with two attached hydrogens (primary N) is 1. The third-order valence-electron chi connectivity index (χ3n) is 4.23. The molecule has 0 aromatic heterocycles. The van der Waals surface area contributed by atoms with Crippen LogP contribution in [0.3, 0.4) is 0 Å². The lowest BCUT2D eigenvalue weighted by atomic mass is 9.86. The second-order valence-electron chi connectivity index (χ2n) is 5.68. The summed E-state index contributed by atoms with van der Waals surface area (Å²) in [5, 5.41) is 3.06. The van der Waals surface area contributed by atoms with Crippen molar-refractivity contribution < 1.29 is 14.3 Å². The van der Waals surface area contributed by atoms with Crippen LogP contribution in [0.15, 0.2) is 0 Å². The third-order valence-corrected chi connectivity index (χ3v) is 4.23. The van der Waals surface area contributed by atoms with E-state index in [1.54, 1.807) is 4.90 Å². The van der Waals surface area contributed by atoms with E-state index in [0.717, 1.165) is 19.3 Å². The molecular formula is C14H27N3O3. The number of rotatable bonds is 6. The maximum atomic E-state index is 12.2. The number of methoxy groups -OCH3 is 1. The van der Waals surface area contributed by atoms with Crippen molar-refractivity contribution in [3.63, 3.8) is 0 Å². The van der Waals surface area contributed by atoms with Crippen LogP contribution in [0.25, 0.3) is 0 Å². The Morgan fingerprint density at radius 3 is 2.45 bits per heavy atom. The Bertz CT molecular complexity index is 335. The predicted molar refractivity (Wildman–Crippen MR) is 77.1 cm³/mol. The second-order valence-corrected chi connectivity index (χ2v) is 5.68. The van der Waals surface area contributed by atoms with E-state index in [9.17, 15) is 9.59 Å². The molecule has 20 heavy (non-hydrogen) atoms. The molecule has 0 aliphatic carbocycles. The Kier molecular flexibility index (Phi) is 6.42. The molecule has 3 N–H and O–H groups in total. The molecule has 1 heterocycles. The zero-order valence-electron chi connectivity index (χ0n) is 12.8. The molecule has 0 bridgehead atoms. The van der Waals surface area contributed by atoms with Crippen LogP contribution >= 0.6 is 0 Å². The molecule has 6 nitrogen and oxygen atoms in total.